The van der Waals surface area contributed by atoms with E-state index in [9.17, 15) is 18.7 Å². The molecule has 1 N–H and O–H groups in total. The zero-order chi connectivity index (χ0) is 15.6. The Balaban J connectivity index is 2.07. The fraction of sp³-hybridized carbons (Fsp3) is 0.500. The number of halogens is 2. The van der Waals surface area contributed by atoms with Gasteiger partial charge in [0.15, 0.2) is 6.10 Å². The van der Waals surface area contributed by atoms with Gasteiger partial charge in [-0.05, 0) is 19.1 Å². The van der Waals surface area contributed by atoms with Crippen molar-refractivity contribution in [1.29, 1.82) is 0 Å². The standard InChI is InChI=1S/C14H18F2N2O2S/c1-9(21)17-5-7-18(8-6-17)14(20)13(19)12-10(15)3-2-4-11(12)16/h2-4,9,13,19,21H,5-8H2,1H3. The smallest absolute Gasteiger partial charge is 0.256 e. The average Bonchev–Trinajstić information content (AvgIpc) is 2.46. The second-order valence-electron chi connectivity index (χ2n) is 5.03. The number of nitrogens with zero attached hydrogens (tertiary/aromatic N) is 2. The Bertz CT molecular complexity index is 499. The lowest BCUT2D eigenvalue weighted by molar-refractivity contribution is -0.142. The maximum Gasteiger partial charge on any atom is 0.256 e. The molecule has 2 atom stereocenters. The minimum atomic E-state index is -1.81. The molecule has 116 valence electrons. The van der Waals surface area contributed by atoms with Gasteiger partial charge >= 0.3 is 0 Å². The number of benzene rings is 1. The van der Waals surface area contributed by atoms with Crippen LogP contribution in [0.4, 0.5) is 8.78 Å². The van der Waals surface area contributed by atoms with Gasteiger partial charge in [0.2, 0.25) is 0 Å². The number of thiol groups is 1. The Kier molecular flexibility index (Phi) is 5.18. The summed E-state index contributed by atoms with van der Waals surface area (Å²) < 4.78 is 27.2. The fourth-order valence-corrected chi connectivity index (χ4v) is 2.62. The van der Waals surface area contributed by atoms with E-state index >= 15 is 0 Å². The lowest BCUT2D eigenvalue weighted by Crippen LogP contribution is -2.51. The molecule has 1 aliphatic rings. The summed E-state index contributed by atoms with van der Waals surface area (Å²) in [7, 11) is 0. The largest absolute Gasteiger partial charge is 0.378 e. The Morgan fingerprint density at radius 1 is 1.24 bits per heavy atom. The summed E-state index contributed by atoms with van der Waals surface area (Å²) >= 11 is 4.32. The van der Waals surface area contributed by atoms with E-state index in [0.717, 1.165) is 12.1 Å². The summed E-state index contributed by atoms with van der Waals surface area (Å²) in [6.07, 6.45) is -1.81. The van der Waals surface area contributed by atoms with E-state index in [4.69, 9.17) is 0 Å². The summed E-state index contributed by atoms with van der Waals surface area (Å²) in [6, 6.07) is 3.24. The van der Waals surface area contributed by atoms with Gasteiger partial charge in [0.25, 0.3) is 5.91 Å². The van der Waals surface area contributed by atoms with E-state index in [0.29, 0.717) is 26.2 Å². The highest BCUT2D eigenvalue weighted by molar-refractivity contribution is 7.80. The van der Waals surface area contributed by atoms with Crippen molar-refractivity contribution in [2.45, 2.75) is 18.4 Å². The van der Waals surface area contributed by atoms with Crippen LogP contribution in [-0.2, 0) is 4.79 Å². The molecule has 2 rings (SSSR count). The molecule has 0 saturated carbocycles. The van der Waals surface area contributed by atoms with Crippen molar-refractivity contribution in [3.8, 4) is 0 Å². The molecule has 1 aliphatic heterocycles. The molecule has 1 amide bonds. The first-order chi connectivity index (χ1) is 9.91. The molecule has 1 heterocycles. The summed E-state index contributed by atoms with van der Waals surface area (Å²) in [5, 5.41) is 10.1. The van der Waals surface area contributed by atoms with Crippen molar-refractivity contribution >= 4 is 18.5 Å². The SMILES string of the molecule is CC(S)N1CCN(C(=O)C(O)c2c(F)cccc2F)CC1. The molecule has 0 aliphatic carbocycles. The van der Waals surface area contributed by atoms with Gasteiger partial charge in [0, 0.05) is 26.2 Å². The van der Waals surface area contributed by atoms with Crippen LogP contribution in [0, 0.1) is 11.6 Å². The third kappa shape index (κ3) is 3.53. The molecule has 2 unspecified atom stereocenters. The molecule has 1 aromatic carbocycles. The molecule has 1 fully saturated rings. The van der Waals surface area contributed by atoms with Crippen LogP contribution in [0.3, 0.4) is 0 Å². The molecule has 7 heteroatoms. The van der Waals surface area contributed by atoms with E-state index < -0.39 is 29.2 Å². The molecule has 0 radical (unpaired) electrons. The number of aliphatic hydroxyl groups is 1. The number of rotatable bonds is 3. The summed E-state index contributed by atoms with van der Waals surface area (Å²) in [5.74, 6) is -2.51. The van der Waals surface area contributed by atoms with Crippen LogP contribution in [-0.4, -0.2) is 52.4 Å². The van der Waals surface area contributed by atoms with E-state index in [1.54, 1.807) is 0 Å². The molecule has 4 nitrogen and oxygen atoms in total. The van der Waals surface area contributed by atoms with Crippen molar-refractivity contribution in [1.82, 2.24) is 9.80 Å². The van der Waals surface area contributed by atoms with Gasteiger partial charge in [-0.3, -0.25) is 9.69 Å². The zero-order valence-electron chi connectivity index (χ0n) is 11.7. The van der Waals surface area contributed by atoms with Gasteiger partial charge < -0.3 is 10.0 Å². The van der Waals surface area contributed by atoms with Gasteiger partial charge in [0.05, 0.1) is 10.9 Å². The van der Waals surface area contributed by atoms with Gasteiger partial charge in [0.1, 0.15) is 11.6 Å². The molecule has 1 saturated heterocycles. The van der Waals surface area contributed by atoms with Crippen molar-refractivity contribution in [2.75, 3.05) is 26.2 Å². The lowest BCUT2D eigenvalue weighted by Gasteiger charge is -2.37. The Hall–Kier alpha value is -1.18. The van der Waals surface area contributed by atoms with Crippen LogP contribution in [0.2, 0.25) is 0 Å². The number of carbonyl (C=O) groups is 1. The van der Waals surface area contributed by atoms with E-state index in [2.05, 4.69) is 17.5 Å². The zero-order valence-corrected chi connectivity index (χ0v) is 12.6. The first-order valence-corrected chi connectivity index (χ1v) is 7.26. The predicted molar refractivity (Wildman–Crippen MR) is 77.9 cm³/mol. The van der Waals surface area contributed by atoms with Gasteiger partial charge in [-0.1, -0.05) is 6.07 Å². The van der Waals surface area contributed by atoms with Crippen LogP contribution in [0.1, 0.15) is 18.6 Å². The minimum absolute atomic E-state index is 0.0798. The third-order valence-electron chi connectivity index (χ3n) is 3.66. The monoisotopic (exact) mass is 316 g/mol. The van der Waals surface area contributed by atoms with Gasteiger partial charge in [-0.25, -0.2) is 8.78 Å². The molecule has 0 aromatic heterocycles. The molecular weight excluding hydrogens is 298 g/mol. The predicted octanol–water partition coefficient (Wildman–Crippen LogP) is 1.42. The number of hydrogen-bond acceptors (Lipinski definition) is 4. The number of carbonyl (C=O) groups excluding carboxylic acids is 1. The molecule has 0 bridgehead atoms. The lowest BCUT2D eigenvalue weighted by atomic mass is 10.1. The van der Waals surface area contributed by atoms with Crippen molar-refractivity contribution in [3.05, 3.63) is 35.4 Å². The number of aliphatic hydroxyl groups excluding tert-OH is 1. The van der Waals surface area contributed by atoms with Crippen molar-refractivity contribution in [2.24, 2.45) is 0 Å². The normalized spacial score (nSPS) is 19.4. The Labute approximate surface area is 127 Å². The Morgan fingerprint density at radius 2 is 1.76 bits per heavy atom. The van der Waals surface area contributed by atoms with Crippen molar-refractivity contribution in [3.63, 3.8) is 0 Å². The summed E-state index contributed by atoms with van der Waals surface area (Å²) in [6.45, 7) is 3.96. The number of piperazine rings is 1. The highest BCUT2D eigenvalue weighted by atomic mass is 32.1. The maximum absolute atomic E-state index is 13.6. The molecular formula is C14H18F2N2O2S. The second-order valence-corrected chi connectivity index (χ2v) is 5.78. The van der Waals surface area contributed by atoms with Crippen LogP contribution in [0.5, 0.6) is 0 Å². The first kappa shape index (κ1) is 16.2. The Morgan fingerprint density at radius 3 is 2.24 bits per heavy atom. The quantitative estimate of drug-likeness (QED) is 0.829. The van der Waals surface area contributed by atoms with E-state index in [1.165, 1.54) is 11.0 Å². The highest BCUT2D eigenvalue weighted by Gasteiger charge is 2.31. The highest BCUT2D eigenvalue weighted by Crippen LogP contribution is 2.23. The number of amides is 1. The topological polar surface area (TPSA) is 43.8 Å². The summed E-state index contributed by atoms with van der Waals surface area (Å²) in [4.78, 5) is 15.7. The fourth-order valence-electron chi connectivity index (χ4n) is 2.38. The first-order valence-electron chi connectivity index (χ1n) is 6.74. The maximum atomic E-state index is 13.6. The van der Waals surface area contributed by atoms with Crippen LogP contribution >= 0.6 is 12.6 Å². The summed E-state index contributed by atoms with van der Waals surface area (Å²) in [5.41, 5.74) is -0.590. The van der Waals surface area contributed by atoms with E-state index in [1.807, 2.05) is 6.92 Å². The molecule has 0 spiro atoms. The van der Waals surface area contributed by atoms with Crippen LogP contribution < -0.4 is 0 Å². The van der Waals surface area contributed by atoms with Crippen LogP contribution in [0.15, 0.2) is 18.2 Å². The van der Waals surface area contributed by atoms with E-state index in [-0.39, 0.29) is 5.37 Å². The van der Waals surface area contributed by atoms with Gasteiger partial charge in [-0.15, -0.1) is 0 Å². The average molecular weight is 316 g/mol. The molecule has 21 heavy (non-hydrogen) atoms. The minimum Gasteiger partial charge on any atom is -0.378 e. The molecule has 1 aromatic rings. The van der Waals surface area contributed by atoms with Crippen molar-refractivity contribution < 1.29 is 18.7 Å². The van der Waals surface area contributed by atoms with Crippen LogP contribution in [0.25, 0.3) is 0 Å². The van der Waals surface area contributed by atoms with Gasteiger partial charge in [-0.2, -0.15) is 12.6 Å². The third-order valence-corrected chi connectivity index (χ3v) is 3.99. The number of hydrogen-bond donors (Lipinski definition) is 2. The second kappa shape index (κ2) is 6.72.